The fourth-order valence-corrected chi connectivity index (χ4v) is 1.24. The Morgan fingerprint density at radius 1 is 1.42 bits per heavy atom. The summed E-state index contributed by atoms with van der Waals surface area (Å²) in [5.41, 5.74) is 1.85. The molecule has 0 aliphatic heterocycles. The third-order valence-corrected chi connectivity index (χ3v) is 2.01. The van der Waals surface area contributed by atoms with Crippen LogP contribution in [0.2, 0.25) is 0 Å². The van der Waals surface area contributed by atoms with Gasteiger partial charge in [0.25, 0.3) is 5.69 Å². The van der Waals surface area contributed by atoms with Crippen molar-refractivity contribution in [1.29, 1.82) is 0 Å². The van der Waals surface area contributed by atoms with Crippen molar-refractivity contribution in [3.8, 4) is 5.88 Å². The van der Waals surface area contributed by atoms with E-state index in [1.54, 1.807) is 0 Å². The zero-order valence-electron chi connectivity index (χ0n) is 11.2. The third-order valence-electron chi connectivity index (χ3n) is 2.01. The van der Waals surface area contributed by atoms with Gasteiger partial charge in [0, 0.05) is 0 Å². The van der Waals surface area contributed by atoms with Gasteiger partial charge in [-0.1, -0.05) is 0 Å². The Morgan fingerprint density at radius 2 is 2.11 bits per heavy atom. The van der Waals surface area contributed by atoms with Crippen LogP contribution >= 0.6 is 0 Å². The molecule has 0 atom stereocenters. The maximum Gasteiger partial charge on any atom is 0.278 e. The lowest BCUT2D eigenvalue weighted by Crippen LogP contribution is -2.22. The summed E-state index contributed by atoms with van der Waals surface area (Å²) in [7, 11) is 0. The van der Waals surface area contributed by atoms with Gasteiger partial charge in [-0.15, -0.1) is 0 Å². The van der Waals surface area contributed by atoms with Gasteiger partial charge in [-0.3, -0.25) is 10.1 Å². The molecule has 0 spiro atoms. The molecule has 1 rings (SSSR count). The summed E-state index contributed by atoms with van der Waals surface area (Å²) in [5, 5.41) is 10.7. The predicted octanol–water partition coefficient (Wildman–Crippen LogP) is 1.47. The summed E-state index contributed by atoms with van der Waals surface area (Å²) in [6, 6.07) is 2.45. The van der Waals surface area contributed by atoms with Crippen LogP contribution in [0.4, 0.5) is 11.5 Å². The number of pyridine rings is 1. The molecule has 0 saturated carbocycles. The number of nitro groups is 1. The van der Waals surface area contributed by atoms with Gasteiger partial charge in [0.2, 0.25) is 5.88 Å². The van der Waals surface area contributed by atoms with E-state index in [1.807, 2.05) is 20.8 Å². The second-order valence-electron chi connectivity index (χ2n) is 4.76. The van der Waals surface area contributed by atoms with Gasteiger partial charge in [-0.25, -0.2) is 5.84 Å². The molecule has 19 heavy (non-hydrogen) atoms. The Bertz CT molecular complexity index is 445. The van der Waals surface area contributed by atoms with Crippen LogP contribution in [0.1, 0.15) is 20.8 Å². The Balaban J connectivity index is 2.62. The minimum Gasteiger partial charge on any atom is -0.475 e. The van der Waals surface area contributed by atoms with Gasteiger partial charge in [0.05, 0.1) is 29.3 Å². The summed E-state index contributed by atoms with van der Waals surface area (Å²) in [6.45, 7) is 6.38. The van der Waals surface area contributed by atoms with E-state index < -0.39 is 4.92 Å². The number of nitrogens with zero attached hydrogens (tertiary/aromatic N) is 2. The number of hydrazine groups is 1. The Hall–Kier alpha value is -1.93. The molecular formula is C11H18N4O4. The van der Waals surface area contributed by atoms with Crippen LogP contribution in [0.25, 0.3) is 0 Å². The summed E-state index contributed by atoms with van der Waals surface area (Å²) in [4.78, 5) is 14.1. The molecule has 3 N–H and O–H groups in total. The second-order valence-corrected chi connectivity index (χ2v) is 4.76. The topological polar surface area (TPSA) is 113 Å². The van der Waals surface area contributed by atoms with Crippen molar-refractivity contribution in [1.82, 2.24) is 4.98 Å². The minimum atomic E-state index is -0.541. The monoisotopic (exact) mass is 270 g/mol. The van der Waals surface area contributed by atoms with E-state index in [0.29, 0.717) is 6.61 Å². The second kappa shape index (κ2) is 6.30. The molecule has 0 saturated heterocycles. The standard InChI is InChI=1S/C11H18N4O4/c1-11(2,3)19-5-4-18-10-7-8(15(16)17)6-9(13-10)14-12/h6-7H,4-5,12H2,1-3H3,(H,13,14). The summed E-state index contributed by atoms with van der Waals surface area (Å²) in [5.74, 6) is 5.48. The maximum atomic E-state index is 10.7. The van der Waals surface area contributed by atoms with Crippen LogP contribution in [-0.4, -0.2) is 28.7 Å². The predicted molar refractivity (Wildman–Crippen MR) is 69.9 cm³/mol. The van der Waals surface area contributed by atoms with E-state index in [-0.39, 0.29) is 29.6 Å². The van der Waals surface area contributed by atoms with Crippen molar-refractivity contribution in [3.05, 3.63) is 22.2 Å². The Morgan fingerprint density at radius 3 is 2.63 bits per heavy atom. The van der Waals surface area contributed by atoms with Crippen LogP contribution in [-0.2, 0) is 4.74 Å². The van der Waals surface area contributed by atoms with Crippen LogP contribution in [0.3, 0.4) is 0 Å². The number of nitrogen functional groups attached to an aromatic ring is 1. The van der Waals surface area contributed by atoms with E-state index in [2.05, 4.69) is 10.4 Å². The molecule has 0 aliphatic rings. The fraction of sp³-hybridized carbons (Fsp3) is 0.545. The van der Waals surface area contributed by atoms with E-state index in [0.717, 1.165) is 0 Å². The number of hydrogen-bond donors (Lipinski definition) is 2. The first-order valence-corrected chi connectivity index (χ1v) is 5.71. The minimum absolute atomic E-state index is 0.125. The van der Waals surface area contributed by atoms with E-state index in [4.69, 9.17) is 15.3 Å². The Labute approximate surface area is 111 Å². The van der Waals surface area contributed by atoms with Gasteiger partial charge in [0.15, 0.2) is 5.82 Å². The highest BCUT2D eigenvalue weighted by molar-refractivity contribution is 5.47. The number of hydrogen-bond acceptors (Lipinski definition) is 7. The zero-order valence-corrected chi connectivity index (χ0v) is 11.2. The molecule has 8 nitrogen and oxygen atoms in total. The lowest BCUT2D eigenvalue weighted by Gasteiger charge is -2.19. The summed E-state index contributed by atoms with van der Waals surface area (Å²) >= 11 is 0. The number of nitrogens with two attached hydrogens (primary N) is 1. The lowest BCUT2D eigenvalue weighted by molar-refractivity contribution is -0.384. The number of anilines is 1. The Kier molecular flexibility index (Phi) is 5.02. The molecule has 1 heterocycles. The number of ether oxygens (including phenoxy) is 2. The first kappa shape index (κ1) is 15.1. The van der Waals surface area contributed by atoms with Crippen molar-refractivity contribution in [2.75, 3.05) is 18.6 Å². The largest absolute Gasteiger partial charge is 0.475 e. The van der Waals surface area contributed by atoms with Crippen molar-refractivity contribution in [2.24, 2.45) is 5.84 Å². The van der Waals surface area contributed by atoms with Crippen molar-refractivity contribution >= 4 is 11.5 Å². The van der Waals surface area contributed by atoms with Crippen LogP contribution in [0, 0.1) is 10.1 Å². The first-order chi connectivity index (χ1) is 8.81. The van der Waals surface area contributed by atoms with Gasteiger partial charge in [-0.2, -0.15) is 4.98 Å². The zero-order chi connectivity index (χ0) is 14.5. The molecule has 8 heteroatoms. The van der Waals surface area contributed by atoms with Gasteiger partial charge < -0.3 is 14.9 Å². The van der Waals surface area contributed by atoms with Crippen LogP contribution < -0.4 is 16.0 Å². The summed E-state index contributed by atoms with van der Waals surface area (Å²) < 4.78 is 10.8. The molecule has 0 aliphatic carbocycles. The molecule has 0 radical (unpaired) electrons. The van der Waals surface area contributed by atoms with Gasteiger partial charge in [-0.05, 0) is 20.8 Å². The highest BCUT2D eigenvalue weighted by Gasteiger charge is 2.13. The average molecular weight is 270 g/mol. The molecule has 106 valence electrons. The van der Waals surface area contributed by atoms with E-state index in [1.165, 1.54) is 12.1 Å². The highest BCUT2D eigenvalue weighted by atomic mass is 16.6. The normalized spacial score (nSPS) is 11.2. The van der Waals surface area contributed by atoms with Crippen molar-refractivity contribution in [3.63, 3.8) is 0 Å². The highest BCUT2D eigenvalue weighted by Crippen LogP contribution is 2.21. The smallest absolute Gasteiger partial charge is 0.278 e. The first-order valence-electron chi connectivity index (χ1n) is 5.71. The van der Waals surface area contributed by atoms with Crippen molar-refractivity contribution in [2.45, 2.75) is 26.4 Å². The van der Waals surface area contributed by atoms with E-state index >= 15 is 0 Å². The quantitative estimate of drug-likeness (QED) is 0.348. The fourth-order valence-electron chi connectivity index (χ4n) is 1.24. The van der Waals surface area contributed by atoms with Crippen LogP contribution in [0.5, 0.6) is 5.88 Å². The molecular weight excluding hydrogens is 252 g/mol. The van der Waals surface area contributed by atoms with Gasteiger partial charge >= 0.3 is 0 Å². The van der Waals surface area contributed by atoms with E-state index in [9.17, 15) is 10.1 Å². The van der Waals surface area contributed by atoms with Gasteiger partial charge in [0.1, 0.15) is 6.61 Å². The molecule has 0 bridgehead atoms. The molecule has 0 fully saturated rings. The molecule has 0 unspecified atom stereocenters. The van der Waals surface area contributed by atoms with Crippen molar-refractivity contribution < 1.29 is 14.4 Å². The molecule has 1 aromatic rings. The third kappa shape index (κ3) is 5.49. The molecule has 0 aromatic carbocycles. The number of rotatable bonds is 6. The summed E-state index contributed by atoms with van der Waals surface area (Å²) in [6.07, 6.45) is 0. The molecule has 1 aromatic heterocycles. The number of aromatic nitrogens is 1. The average Bonchev–Trinajstić information content (AvgIpc) is 2.33. The van der Waals surface area contributed by atoms with Crippen LogP contribution in [0.15, 0.2) is 12.1 Å². The maximum absolute atomic E-state index is 10.7. The lowest BCUT2D eigenvalue weighted by atomic mass is 10.2. The SMILES string of the molecule is CC(C)(C)OCCOc1cc([N+](=O)[O-])cc(NN)n1. The molecule has 0 amide bonds. The number of nitrogens with one attached hydrogen (secondary N) is 1.